The van der Waals surface area contributed by atoms with Crippen molar-refractivity contribution in [2.75, 3.05) is 25.1 Å². The van der Waals surface area contributed by atoms with E-state index in [1.165, 1.54) is 30.3 Å². The molecule has 9 nitrogen and oxygen atoms in total. The van der Waals surface area contributed by atoms with E-state index in [4.69, 9.17) is 4.74 Å². The zero-order valence-electron chi connectivity index (χ0n) is 24.3. The van der Waals surface area contributed by atoms with Crippen molar-refractivity contribution >= 4 is 22.5 Å². The maximum absolute atomic E-state index is 15.5. The molecule has 0 radical (unpaired) electrons. The first-order valence-electron chi connectivity index (χ1n) is 14.4. The van der Waals surface area contributed by atoms with Crippen molar-refractivity contribution in [2.45, 2.75) is 82.3 Å². The highest BCUT2D eigenvalue weighted by molar-refractivity contribution is 6.03. The largest absolute Gasteiger partial charge is 0.586 e. The summed E-state index contributed by atoms with van der Waals surface area (Å²) in [4.78, 5) is 13.4. The van der Waals surface area contributed by atoms with Gasteiger partial charge in [-0.05, 0) is 55.5 Å². The number of alkyl halides is 2. The molecule has 43 heavy (non-hydrogen) atoms. The van der Waals surface area contributed by atoms with Crippen LogP contribution in [-0.2, 0) is 26.9 Å². The molecule has 0 spiro atoms. The monoisotopic (exact) mass is 606 g/mol. The Morgan fingerprint density at radius 2 is 1.84 bits per heavy atom. The first-order valence-corrected chi connectivity index (χ1v) is 14.4. The number of aliphatic hydroxyl groups excluding tert-OH is 3. The lowest BCUT2D eigenvalue weighted by molar-refractivity contribution is -0.286. The van der Waals surface area contributed by atoms with E-state index in [-0.39, 0.29) is 30.3 Å². The van der Waals surface area contributed by atoms with Gasteiger partial charge < -0.3 is 39.4 Å². The van der Waals surface area contributed by atoms with Gasteiger partial charge in [-0.25, -0.2) is 4.39 Å². The summed E-state index contributed by atoms with van der Waals surface area (Å²) in [6, 6.07) is 8.88. The highest BCUT2D eigenvalue weighted by Crippen LogP contribution is 2.52. The predicted molar refractivity (Wildman–Crippen MR) is 152 cm³/mol. The summed E-state index contributed by atoms with van der Waals surface area (Å²) >= 11 is 0. The van der Waals surface area contributed by atoms with Crippen molar-refractivity contribution in [1.82, 2.24) is 4.57 Å². The van der Waals surface area contributed by atoms with Crippen LogP contribution in [-0.4, -0.2) is 64.1 Å². The first kappa shape index (κ1) is 31.1. The number of carbonyl (C=O) groups excluding carboxylic acids is 1. The average Bonchev–Trinajstić information content (AvgIpc) is 3.61. The molecule has 1 saturated carbocycles. The molecular formula is C31H37F3N2O7. The fraction of sp³-hybridized carbons (Fsp3) is 0.516. The van der Waals surface area contributed by atoms with Crippen molar-refractivity contribution in [3.8, 4) is 11.5 Å². The Balaban J connectivity index is 1.40. The van der Waals surface area contributed by atoms with Crippen LogP contribution < -0.4 is 14.8 Å². The zero-order valence-corrected chi connectivity index (χ0v) is 24.3. The van der Waals surface area contributed by atoms with Gasteiger partial charge in [0.15, 0.2) is 11.5 Å². The van der Waals surface area contributed by atoms with Gasteiger partial charge in [-0.15, -0.1) is 8.78 Å². The van der Waals surface area contributed by atoms with Gasteiger partial charge >= 0.3 is 6.29 Å². The number of amides is 1. The molecule has 3 aromatic rings. The van der Waals surface area contributed by atoms with Crippen LogP contribution in [0.3, 0.4) is 0 Å². The average molecular weight is 607 g/mol. The number of halogens is 3. The lowest BCUT2D eigenvalue weighted by atomic mass is 9.85. The second-order valence-corrected chi connectivity index (χ2v) is 12.0. The van der Waals surface area contributed by atoms with E-state index in [0.29, 0.717) is 48.8 Å². The molecule has 5 rings (SSSR count). The number of ether oxygens (including phenoxy) is 3. The third-order valence-corrected chi connectivity index (χ3v) is 8.33. The van der Waals surface area contributed by atoms with Gasteiger partial charge in [0, 0.05) is 29.2 Å². The van der Waals surface area contributed by atoms with Gasteiger partial charge in [0.25, 0.3) is 0 Å². The fourth-order valence-corrected chi connectivity index (χ4v) is 5.46. The van der Waals surface area contributed by atoms with Gasteiger partial charge in [-0.3, -0.25) is 4.79 Å². The Morgan fingerprint density at radius 3 is 2.51 bits per heavy atom. The van der Waals surface area contributed by atoms with Gasteiger partial charge in [0.2, 0.25) is 5.91 Å². The summed E-state index contributed by atoms with van der Waals surface area (Å²) in [6.07, 6.45) is -3.37. The highest BCUT2D eigenvalue weighted by Gasteiger charge is 2.53. The van der Waals surface area contributed by atoms with E-state index >= 15 is 4.39 Å². The minimum Gasteiger partial charge on any atom is -0.395 e. The molecule has 1 aliphatic carbocycles. The second-order valence-electron chi connectivity index (χ2n) is 12.0. The van der Waals surface area contributed by atoms with Gasteiger partial charge in [-0.1, -0.05) is 26.8 Å². The summed E-state index contributed by atoms with van der Waals surface area (Å²) in [5.74, 6) is -1.46. The Morgan fingerprint density at radius 1 is 1.12 bits per heavy atom. The molecule has 2 heterocycles. The van der Waals surface area contributed by atoms with Crippen molar-refractivity contribution in [1.29, 1.82) is 0 Å². The molecule has 234 valence electrons. The molecule has 2 atom stereocenters. The van der Waals surface area contributed by atoms with Crippen molar-refractivity contribution in [2.24, 2.45) is 0 Å². The topological polar surface area (TPSA) is 122 Å². The number of nitrogens with one attached hydrogen (secondary N) is 1. The standard InChI is InChI=1S/C31H37F3N2O7/c1-4-20(38)17-41-10-9-29(2,3)27-12-18-11-23(22(32)14-24(18)36(27)15-21(39)16-37)35-28(40)30(7-8-30)19-5-6-25-26(13-19)43-31(33,34)42-25/h5-6,11-14,20-21,37-39H,4,7-10,15-17H2,1-3H3,(H,35,40)/t20-,21+/m0/s1. The quantitative estimate of drug-likeness (QED) is 0.210. The number of hydrogen-bond acceptors (Lipinski definition) is 7. The van der Waals surface area contributed by atoms with Gasteiger partial charge in [0.05, 0.1) is 48.6 Å². The van der Waals surface area contributed by atoms with E-state index in [9.17, 15) is 28.9 Å². The predicted octanol–water partition coefficient (Wildman–Crippen LogP) is 4.58. The van der Waals surface area contributed by atoms with Crippen LogP contribution in [0.5, 0.6) is 11.5 Å². The number of rotatable bonds is 13. The van der Waals surface area contributed by atoms with Crippen molar-refractivity contribution < 1.29 is 47.5 Å². The highest BCUT2D eigenvalue weighted by atomic mass is 19.3. The number of nitrogens with zero attached hydrogens (tertiary/aromatic N) is 1. The van der Waals surface area contributed by atoms with Gasteiger partial charge in [0.1, 0.15) is 5.82 Å². The molecule has 0 unspecified atom stereocenters. The Labute approximate surface area is 247 Å². The molecule has 1 aromatic heterocycles. The summed E-state index contributed by atoms with van der Waals surface area (Å²) < 4.78 is 58.9. The number of carbonyl (C=O) groups is 1. The van der Waals surface area contributed by atoms with Crippen LogP contribution in [0.1, 0.15) is 57.7 Å². The van der Waals surface area contributed by atoms with E-state index in [1.807, 2.05) is 26.8 Å². The Kier molecular flexibility index (Phi) is 8.42. The molecule has 12 heteroatoms. The molecule has 0 saturated heterocycles. The summed E-state index contributed by atoms with van der Waals surface area (Å²) in [5.41, 5.74) is 0.150. The number of fused-ring (bicyclic) bond motifs is 2. The minimum absolute atomic E-state index is 0.0194. The molecule has 1 aliphatic heterocycles. The van der Waals surface area contributed by atoms with Crippen molar-refractivity contribution in [3.05, 3.63) is 53.5 Å². The summed E-state index contributed by atoms with van der Waals surface area (Å²) in [7, 11) is 0. The summed E-state index contributed by atoms with van der Waals surface area (Å²) in [6.45, 7) is 5.96. The van der Waals surface area contributed by atoms with Crippen LogP contribution in [0.15, 0.2) is 36.4 Å². The van der Waals surface area contributed by atoms with Crippen LogP contribution in [0.2, 0.25) is 0 Å². The number of anilines is 1. The number of hydrogen-bond donors (Lipinski definition) is 4. The van der Waals surface area contributed by atoms with Crippen LogP contribution in [0, 0.1) is 5.82 Å². The number of benzene rings is 2. The normalized spacial score (nSPS) is 18.1. The summed E-state index contributed by atoms with van der Waals surface area (Å²) in [5, 5.41) is 32.9. The zero-order chi connectivity index (χ0) is 31.2. The molecule has 2 aliphatic rings. The maximum atomic E-state index is 15.5. The van der Waals surface area contributed by atoms with Crippen LogP contribution in [0.4, 0.5) is 18.9 Å². The van der Waals surface area contributed by atoms with E-state index < -0.39 is 47.7 Å². The van der Waals surface area contributed by atoms with E-state index in [1.54, 1.807) is 4.57 Å². The number of aromatic nitrogens is 1. The van der Waals surface area contributed by atoms with E-state index in [0.717, 1.165) is 5.69 Å². The molecule has 0 bridgehead atoms. The third kappa shape index (κ3) is 6.33. The molecule has 1 amide bonds. The van der Waals surface area contributed by atoms with Gasteiger partial charge in [-0.2, -0.15) is 0 Å². The maximum Gasteiger partial charge on any atom is 0.586 e. The van der Waals surface area contributed by atoms with E-state index in [2.05, 4.69) is 14.8 Å². The number of aliphatic hydroxyl groups is 3. The first-order chi connectivity index (χ1) is 20.3. The Bertz CT molecular complexity index is 1500. The minimum atomic E-state index is -3.78. The molecule has 4 N–H and O–H groups in total. The lowest BCUT2D eigenvalue weighted by Crippen LogP contribution is -2.28. The lowest BCUT2D eigenvalue weighted by Gasteiger charge is -2.28. The molecule has 1 fully saturated rings. The van der Waals surface area contributed by atoms with Crippen LogP contribution >= 0.6 is 0 Å². The van der Waals surface area contributed by atoms with Crippen molar-refractivity contribution in [3.63, 3.8) is 0 Å². The SMILES string of the molecule is CC[C@H](O)COCCC(C)(C)c1cc2cc(NC(=O)C3(c4ccc5c(c4)OC(F)(F)O5)CC3)c(F)cc2n1C[C@@H](O)CO. The molecule has 2 aromatic carbocycles. The molecular weight excluding hydrogens is 569 g/mol. The smallest absolute Gasteiger partial charge is 0.395 e. The Hall–Kier alpha value is -3.32. The van der Waals surface area contributed by atoms with Crippen LogP contribution in [0.25, 0.3) is 10.9 Å². The second kappa shape index (κ2) is 11.6. The fourth-order valence-electron chi connectivity index (χ4n) is 5.46. The third-order valence-electron chi connectivity index (χ3n) is 8.33.